The lowest BCUT2D eigenvalue weighted by Crippen LogP contribution is -2.04. The molecule has 1 aromatic carbocycles. The van der Waals surface area contributed by atoms with Gasteiger partial charge in [0.1, 0.15) is 0 Å². The van der Waals surface area contributed by atoms with Gasteiger partial charge in [-0.3, -0.25) is 0 Å². The van der Waals surface area contributed by atoms with Crippen LogP contribution < -0.4 is 0 Å². The summed E-state index contributed by atoms with van der Waals surface area (Å²) in [5.74, 6) is -1.22. The summed E-state index contributed by atoms with van der Waals surface area (Å²) < 4.78 is 37.5. The minimum absolute atomic E-state index is 0.137. The highest BCUT2D eigenvalue weighted by Crippen LogP contribution is 2.28. The number of halogens is 3. The maximum atomic E-state index is 13.1. The molecule has 0 aliphatic heterocycles. The molecule has 16 heavy (non-hydrogen) atoms. The van der Waals surface area contributed by atoms with Gasteiger partial charge < -0.3 is 5.11 Å². The second-order valence-electron chi connectivity index (χ2n) is 3.04. The van der Waals surface area contributed by atoms with Gasteiger partial charge in [-0.25, -0.2) is 18.0 Å². The second-order valence-corrected chi connectivity index (χ2v) is 3.04. The fourth-order valence-corrected chi connectivity index (χ4v) is 1.21. The van der Waals surface area contributed by atoms with Crippen LogP contribution in [-0.4, -0.2) is 17.5 Å². The van der Waals surface area contributed by atoms with Crippen LogP contribution >= 0.6 is 0 Å². The zero-order chi connectivity index (χ0) is 12.1. The number of aliphatic carboxylic acids is 1. The van der Waals surface area contributed by atoms with Crippen molar-refractivity contribution in [1.82, 2.24) is 0 Å². The zero-order valence-corrected chi connectivity index (χ0v) is 8.11. The summed E-state index contributed by atoms with van der Waals surface area (Å²) in [6, 6.07) is 5.52. The minimum atomic E-state index is -3.13. The van der Waals surface area contributed by atoms with E-state index in [1.54, 1.807) is 0 Å². The van der Waals surface area contributed by atoms with Gasteiger partial charge in [-0.1, -0.05) is 24.3 Å². The molecule has 0 amide bonds. The van der Waals surface area contributed by atoms with Gasteiger partial charge >= 0.3 is 5.97 Å². The van der Waals surface area contributed by atoms with E-state index in [9.17, 15) is 18.0 Å². The molecule has 0 saturated carbocycles. The van der Waals surface area contributed by atoms with Crippen LogP contribution in [-0.2, 0) is 4.79 Å². The molecule has 0 aliphatic rings. The van der Waals surface area contributed by atoms with Gasteiger partial charge in [0.15, 0.2) is 6.17 Å². The molecule has 0 radical (unpaired) electrons. The number of hydrogen-bond acceptors (Lipinski definition) is 1. The third-order valence-electron chi connectivity index (χ3n) is 1.92. The molecule has 86 valence electrons. The highest BCUT2D eigenvalue weighted by atomic mass is 19.3. The van der Waals surface area contributed by atoms with Crippen molar-refractivity contribution in [3.63, 3.8) is 0 Å². The topological polar surface area (TPSA) is 37.3 Å². The Labute approximate surface area is 90.0 Å². The standard InChI is InChI=1S/C11H9F3O2/c12-10(11(13)14)8-4-2-1-3-7(8)5-6-9(15)16/h1-6,10-11H,(H,15,16)/b6-5+. The molecular weight excluding hydrogens is 221 g/mol. The SMILES string of the molecule is O=C(O)/C=C/c1ccccc1C(F)C(F)F. The van der Waals surface area contributed by atoms with Gasteiger partial charge in [0.05, 0.1) is 0 Å². The second kappa shape index (κ2) is 5.34. The fourth-order valence-electron chi connectivity index (χ4n) is 1.21. The van der Waals surface area contributed by atoms with Crippen LogP contribution in [0.4, 0.5) is 13.2 Å². The van der Waals surface area contributed by atoms with Crippen LogP contribution in [0.2, 0.25) is 0 Å². The first-order chi connectivity index (χ1) is 7.52. The molecule has 0 heterocycles. The van der Waals surface area contributed by atoms with Crippen LogP contribution in [0.3, 0.4) is 0 Å². The first-order valence-corrected chi connectivity index (χ1v) is 4.44. The van der Waals surface area contributed by atoms with Crippen molar-refractivity contribution < 1.29 is 23.1 Å². The number of benzene rings is 1. The van der Waals surface area contributed by atoms with Crippen molar-refractivity contribution in [3.05, 3.63) is 41.5 Å². The van der Waals surface area contributed by atoms with Gasteiger partial charge in [0.25, 0.3) is 6.43 Å². The quantitative estimate of drug-likeness (QED) is 0.807. The Morgan fingerprint density at radius 3 is 2.44 bits per heavy atom. The molecule has 1 atom stereocenters. The lowest BCUT2D eigenvalue weighted by atomic mass is 10.0. The normalized spacial score (nSPS) is 13.2. The number of hydrogen-bond donors (Lipinski definition) is 1. The molecular formula is C11H9F3O2. The Hall–Kier alpha value is -1.78. The van der Waals surface area contributed by atoms with Crippen LogP contribution in [0.15, 0.2) is 30.3 Å². The average Bonchev–Trinajstić information content (AvgIpc) is 2.25. The van der Waals surface area contributed by atoms with E-state index in [4.69, 9.17) is 5.11 Å². The number of carboxylic acids is 1. The number of carboxylic acid groups (broad SMARTS) is 1. The lowest BCUT2D eigenvalue weighted by molar-refractivity contribution is -0.131. The Balaban J connectivity index is 3.05. The minimum Gasteiger partial charge on any atom is -0.478 e. The smallest absolute Gasteiger partial charge is 0.328 e. The fraction of sp³-hybridized carbons (Fsp3) is 0.182. The highest BCUT2D eigenvalue weighted by molar-refractivity contribution is 5.85. The maximum absolute atomic E-state index is 13.1. The summed E-state index contributed by atoms with van der Waals surface area (Å²) >= 11 is 0. The van der Waals surface area contributed by atoms with Gasteiger partial charge in [0, 0.05) is 6.08 Å². The molecule has 0 aromatic heterocycles. The first kappa shape index (κ1) is 12.3. The summed E-state index contributed by atoms with van der Waals surface area (Å²) in [6.45, 7) is 0. The summed E-state index contributed by atoms with van der Waals surface area (Å²) in [5.41, 5.74) is -0.0762. The van der Waals surface area contributed by atoms with E-state index >= 15 is 0 Å². The molecule has 2 nitrogen and oxygen atoms in total. The van der Waals surface area contributed by atoms with Crippen molar-refractivity contribution >= 4 is 12.0 Å². The van der Waals surface area contributed by atoms with Crippen molar-refractivity contribution in [2.45, 2.75) is 12.6 Å². The number of alkyl halides is 3. The van der Waals surface area contributed by atoms with Crippen molar-refractivity contribution in [1.29, 1.82) is 0 Å². The van der Waals surface area contributed by atoms with E-state index in [1.165, 1.54) is 24.3 Å². The molecule has 1 unspecified atom stereocenters. The van der Waals surface area contributed by atoms with E-state index in [0.717, 1.165) is 12.2 Å². The van der Waals surface area contributed by atoms with Crippen molar-refractivity contribution in [2.24, 2.45) is 0 Å². The van der Waals surface area contributed by atoms with Crippen LogP contribution in [0.1, 0.15) is 17.3 Å². The largest absolute Gasteiger partial charge is 0.478 e. The summed E-state index contributed by atoms with van der Waals surface area (Å²) in [4.78, 5) is 10.3. The molecule has 0 saturated heterocycles. The number of rotatable bonds is 4. The molecule has 0 fully saturated rings. The Kier molecular flexibility index (Phi) is 4.10. The van der Waals surface area contributed by atoms with Crippen LogP contribution in [0, 0.1) is 0 Å². The summed E-state index contributed by atoms with van der Waals surface area (Å²) in [7, 11) is 0. The van der Waals surface area contributed by atoms with Crippen LogP contribution in [0.25, 0.3) is 6.08 Å². The van der Waals surface area contributed by atoms with Crippen molar-refractivity contribution in [3.8, 4) is 0 Å². The summed E-state index contributed by atoms with van der Waals surface area (Å²) in [6.07, 6.45) is -3.67. The van der Waals surface area contributed by atoms with Crippen molar-refractivity contribution in [2.75, 3.05) is 0 Å². The van der Waals surface area contributed by atoms with E-state index in [-0.39, 0.29) is 11.1 Å². The molecule has 5 heteroatoms. The third kappa shape index (κ3) is 3.12. The van der Waals surface area contributed by atoms with Crippen LogP contribution in [0.5, 0.6) is 0 Å². The molecule has 1 N–H and O–H groups in total. The average molecular weight is 230 g/mol. The van der Waals surface area contributed by atoms with E-state index in [2.05, 4.69) is 0 Å². The summed E-state index contributed by atoms with van der Waals surface area (Å²) in [5, 5.41) is 8.38. The number of carbonyl (C=O) groups is 1. The molecule has 1 rings (SSSR count). The predicted molar refractivity (Wildman–Crippen MR) is 53.0 cm³/mol. The van der Waals surface area contributed by atoms with E-state index < -0.39 is 18.6 Å². The lowest BCUT2D eigenvalue weighted by Gasteiger charge is -2.10. The molecule has 0 spiro atoms. The van der Waals surface area contributed by atoms with Gasteiger partial charge in [0.2, 0.25) is 0 Å². The Morgan fingerprint density at radius 1 is 1.25 bits per heavy atom. The third-order valence-corrected chi connectivity index (χ3v) is 1.92. The zero-order valence-electron chi connectivity index (χ0n) is 8.11. The van der Waals surface area contributed by atoms with Gasteiger partial charge in [-0.15, -0.1) is 0 Å². The van der Waals surface area contributed by atoms with Gasteiger partial charge in [-0.05, 0) is 17.2 Å². The predicted octanol–water partition coefficient (Wildman–Crippen LogP) is 3.06. The Bertz CT molecular complexity index is 402. The highest BCUT2D eigenvalue weighted by Gasteiger charge is 2.23. The first-order valence-electron chi connectivity index (χ1n) is 4.44. The Morgan fingerprint density at radius 2 is 1.88 bits per heavy atom. The van der Waals surface area contributed by atoms with E-state index in [0.29, 0.717) is 0 Å². The maximum Gasteiger partial charge on any atom is 0.328 e. The molecule has 0 aliphatic carbocycles. The van der Waals surface area contributed by atoms with Gasteiger partial charge in [-0.2, -0.15) is 0 Å². The van der Waals surface area contributed by atoms with E-state index in [1.807, 2.05) is 0 Å². The molecule has 0 bridgehead atoms. The molecule has 1 aromatic rings. The monoisotopic (exact) mass is 230 g/mol.